The van der Waals surface area contributed by atoms with E-state index in [1.165, 1.54) is 0 Å². The van der Waals surface area contributed by atoms with Crippen molar-refractivity contribution in [3.8, 4) is 0 Å². The largest absolute Gasteiger partial charge is 0.333 e. The first-order chi connectivity index (χ1) is 11.2. The minimum Gasteiger partial charge on any atom is -0.333 e. The Kier molecular flexibility index (Phi) is 5.35. The van der Waals surface area contributed by atoms with Crippen LogP contribution in [-0.2, 0) is 0 Å². The molecule has 0 aliphatic carbocycles. The van der Waals surface area contributed by atoms with Gasteiger partial charge in [0.05, 0.1) is 0 Å². The van der Waals surface area contributed by atoms with Crippen molar-refractivity contribution in [3.63, 3.8) is 0 Å². The Morgan fingerprint density at radius 1 is 1.35 bits per heavy atom. The highest BCUT2D eigenvalue weighted by atomic mass is 79.9. The summed E-state index contributed by atoms with van der Waals surface area (Å²) in [7, 11) is 0. The summed E-state index contributed by atoms with van der Waals surface area (Å²) >= 11 is 5.01. The lowest BCUT2D eigenvalue weighted by Crippen LogP contribution is -2.40. The molecule has 2 heterocycles. The molecule has 2 aromatic rings. The number of halogens is 1. The highest BCUT2D eigenvalue weighted by Gasteiger charge is 2.29. The van der Waals surface area contributed by atoms with Gasteiger partial charge in [-0.1, -0.05) is 39.8 Å². The molecule has 1 fully saturated rings. The lowest BCUT2D eigenvalue weighted by atomic mass is 10.2. The molecule has 120 valence electrons. The predicted molar refractivity (Wildman–Crippen MR) is 95.6 cm³/mol. The monoisotopic (exact) mass is 391 g/mol. The molecule has 1 aliphatic rings. The second-order valence-electron chi connectivity index (χ2n) is 5.45. The normalized spacial score (nSPS) is 17.5. The van der Waals surface area contributed by atoms with Crippen LogP contribution in [0.5, 0.6) is 0 Å². The number of hydrogen-bond donors (Lipinski definition) is 1. The van der Waals surface area contributed by atoms with Gasteiger partial charge in [-0.2, -0.15) is 0 Å². The number of nitrogens with zero attached hydrogens (tertiary/aromatic N) is 2. The number of benzene rings is 1. The van der Waals surface area contributed by atoms with Gasteiger partial charge in [0, 0.05) is 28.5 Å². The standard InChI is InChI=1S/C17H18BrN3OS/c18-12-4-1-6-14(10-12)23-16-8-2-7-15(20-16)17(22)21-9-3-5-13(21)11-19/h1-2,4,6-8,10,13H,3,5,9,11,19H2. The summed E-state index contributed by atoms with van der Waals surface area (Å²) in [5, 5.41) is 0.817. The van der Waals surface area contributed by atoms with Gasteiger partial charge in [-0.25, -0.2) is 4.98 Å². The van der Waals surface area contributed by atoms with E-state index in [1.54, 1.807) is 17.8 Å². The molecule has 3 rings (SSSR count). The van der Waals surface area contributed by atoms with Crippen molar-refractivity contribution >= 4 is 33.6 Å². The van der Waals surface area contributed by atoms with Crippen LogP contribution in [0.15, 0.2) is 56.9 Å². The number of rotatable bonds is 4. The lowest BCUT2D eigenvalue weighted by molar-refractivity contribution is 0.0734. The molecule has 0 bridgehead atoms. The van der Waals surface area contributed by atoms with Crippen molar-refractivity contribution in [2.75, 3.05) is 13.1 Å². The zero-order valence-corrected chi connectivity index (χ0v) is 15.0. The molecule has 0 radical (unpaired) electrons. The third-order valence-corrected chi connectivity index (χ3v) is 5.29. The average Bonchev–Trinajstić information content (AvgIpc) is 3.03. The van der Waals surface area contributed by atoms with Crippen LogP contribution < -0.4 is 5.73 Å². The number of nitrogens with two attached hydrogens (primary N) is 1. The zero-order valence-electron chi connectivity index (χ0n) is 12.6. The molecule has 1 unspecified atom stereocenters. The fraction of sp³-hybridized carbons (Fsp3) is 0.294. The molecule has 1 aliphatic heterocycles. The average molecular weight is 392 g/mol. The Bertz CT molecular complexity index is 710. The summed E-state index contributed by atoms with van der Waals surface area (Å²) in [6.07, 6.45) is 1.99. The molecule has 1 atom stereocenters. The molecule has 2 N–H and O–H groups in total. The summed E-state index contributed by atoms with van der Waals surface area (Å²) in [6, 6.07) is 13.8. The maximum absolute atomic E-state index is 12.7. The Labute approximate surface area is 148 Å². The maximum Gasteiger partial charge on any atom is 0.272 e. The van der Waals surface area contributed by atoms with Crippen molar-refractivity contribution in [1.82, 2.24) is 9.88 Å². The number of likely N-dealkylation sites (tertiary alicyclic amines) is 1. The molecule has 6 heteroatoms. The quantitative estimate of drug-likeness (QED) is 0.865. The van der Waals surface area contributed by atoms with E-state index in [-0.39, 0.29) is 11.9 Å². The number of carbonyl (C=O) groups is 1. The minimum atomic E-state index is -0.0188. The van der Waals surface area contributed by atoms with Crippen molar-refractivity contribution < 1.29 is 4.79 Å². The smallest absolute Gasteiger partial charge is 0.272 e. The van der Waals surface area contributed by atoms with E-state index in [0.29, 0.717) is 12.2 Å². The molecule has 0 saturated carbocycles. The van der Waals surface area contributed by atoms with Crippen molar-refractivity contribution in [2.24, 2.45) is 5.73 Å². The minimum absolute atomic E-state index is 0.0188. The summed E-state index contributed by atoms with van der Waals surface area (Å²) < 4.78 is 1.03. The summed E-state index contributed by atoms with van der Waals surface area (Å²) in [5.74, 6) is -0.0188. The second-order valence-corrected chi connectivity index (χ2v) is 7.46. The number of pyridine rings is 1. The number of aromatic nitrogens is 1. The first kappa shape index (κ1) is 16.5. The molecule has 0 spiro atoms. The number of amides is 1. The van der Waals surface area contributed by atoms with Crippen LogP contribution in [0.25, 0.3) is 0 Å². The molecule has 4 nitrogen and oxygen atoms in total. The van der Waals surface area contributed by atoms with Gasteiger partial charge in [0.15, 0.2) is 0 Å². The van der Waals surface area contributed by atoms with Gasteiger partial charge in [-0.15, -0.1) is 0 Å². The number of carbonyl (C=O) groups excluding carboxylic acids is 1. The molecular weight excluding hydrogens is 374 g/mol. The van der Waals surface area contributed by atoms with Gasteiger partial charge in [0.2, 0.25) is 0 Å². The van der Waals surface area contributed by atoms with E-state index >= 15 is 0 Å². The fourth-order valence-electron chi connectivity index (χ4n) is 2.74. The van der Waals surface area contributed by atoms with Gasteiger partial charge >= 0.3 is 0 Å². The summed E-state index contributed by atoms with van der Waals surface area (Å²) in [4.78, 5) is 20.1. The van der Waals surface area contributed by atoms with Crippen LogP contribution in [0.4, 0.5) is 0 Å². The Hall–Kier alpha value is -1.37. The second kappa shape index (κ2) is 7.47. The molecule has 23 heavy (non-hydrogen) atoms. The van der Waals surface area contributed by atoms with E-state index in [9.17, 15) is 4.79 Å². The number of hydrogen-bond acceptors (Lipinski definition) is 4. The van der Waals surface area contributed by atoms with Crippen LogP contribution in [0.2, 0.25) is 0 Å². The first-order valence-electron chi connectivity index (χ1n) is 7.59. The molecule has 1 aromatic heterocycles. The van der Waals surface area contributed by atoms with Gasteiger partial charge in [0.1, 0.15) is 10.7 Å². The van der Waals surface area contributed by atoms with Crippen LogP contribution in [0, 0.1) is 0 Å². The summed E-state index contributed by atoms with van der Waals surface area (Å²) in [6.45, 7) is 1.28. The third-order valence-electron chi connectivity index (χ3n) is 3.87. The van der Waals surface area contributed by atoms with Gasteiger partial charge in [0.25, 0.3) is 5.91 Å². The van der Waals surface area contributed by atoms with E-state index in [1.807, 2.05) is 41.3 Å². The zero-order chi connectivity index (χ0) is 16.2. The van der Waals surface area contributed by atoms with Crippen LogP contribution >= 0.6 is 27.7 Å². The third kappa shape index (κ3) is 3.94. The van der Waals surface area contributed by atoms with Crippen molar-refractivity contribution in [1.29, 1.82) is 0 Å². The van der Waals surface area contributed by atoms with Crippen LogP contribution in [0.3, 0.4) is 0 Å². The van der Waals surface area contributed by atoms with Crippen molar-refractivity contribution in [3.05, 3.63) is 52.6 Å². The molecule has 1 saturated heterocycles. The highest BCUT2D eigenvalue weighted by molar-refractivity contribution is 9.10. The summed E-state index contributed by atoms with van der Waals surface area (Å²) in [5.41, 5.74) is 6.25. The van der Waals surface area contributed by atoms with Crippen LogP contribution in [-0.4, -0.2) is 34.9 Å². The van der Waals surface area contributed by atoms with Gasteiger partial charge in [-0.05, 0) is 43.2 Å². The maximum atomic E-state index is 12.7. The predicted octanol–water partition coefficient (Wildman–Crippen LogP) is 3.56. The molecule has 1 aromatic carbocycles. The Balaban J connectivity index is 1.78. The van der Waals surface area contributed by atoms with E-state index < -0.39 is 0 Å². The molecule has 1 amide bonds. The Morgan fingerprint density at radius 2 is 2.17 bits per heavy atom. The highest BCUT2D eigenvalue weighted by Crippen LogP contribution is 2.28. The van der Waals surface area contributed by atoms with Crippen LogP contribution in [0.1, 0.15) is 23.3 Å². The molecular formula is C17H18BrN3OS. The lowest BCUT2D eigenvalue weighted by Gasteiger charge is -2.23. The van der Waals surface area contributed by atoms with Gasteiger partial charge < -0.3 is 10.6 Å². The van der Waals surface area contributed by atoms with E-state index in [2.05, 4.69) is 20.9 Å². The Morgan fingerprint density at radius 3 is 2.96 bits per heavy atom. The van der Waals surface area contributed by atoms with E-state index in [4.69, 9.17) is 5.73 Å². The fourth-order valence-corrected chi connectivity index (χ4v) is 4.15. The van der Waals surface area contributed by atoms with Crippen molar-refractivity contribution in [2.45, 2.75) is 28.8 Å². The first-order valence-corrected chi connectivity index (χ1v) is 9.20. The van der Waals surface area contributed by atoms with E-state index in [0.717, 1.165) is 33.8 Å². The SMILES string of the molecule is NCC1CCCN1C(=O)c1cccc(Sc2cccc(Br)c2)n1. The van der Waals surface area contributed by atoms with Gasteiger partial charge in [-0.3, -0.25) is 4.79 Å². The topological polar surface area (TPSA) is 59.2 Å².